The number of benzene rings is 3. The first kappa shape index (κ1) is 25.6. The number of aryl methyl sites for hydroxylation is 1. The minimum Gasteiger partial charge on any atom is -0.496 e. The average Bonchev–Trinajstić information content (AvgIpc) is 3.27. The second kappa shape index (κ2) is 10.5. The molecule has 8 heteroatoms. The molecule has 1 unspecified atom stereocenters. The molecule has 2 aliphatic rings. The first-order valence-electron chi connectivity index (χ1n) is 12.8. The van der Waals surface area contributed by atoms with Crippen LogP contribution in [0, 0.1) is 0 Å². The van der Waals surface area contributed by atoms with E-state index in [-0.39, 0.29) is 11.6 Å². The van der Waals surface area contributed by atoms with E-state index in [2.05, 4.69) is 40.2 Å². The van der Waals surface area contributed by atoms with Crippen molar-refractivity contribution in [2.45, 2.75) is 25.8 Å². The fourth-order valence-electron chi connectivity index (χ4n) is 5.45. The molecule has 0 fully saturated rings. The lowest BCUT2D eigenvalue weighted by Crippen LogP contribution is -2.39. The molecule has 3 aromatic carbocycles. The number of thiazole rings is 1. The summed E-state index contributed by atoms with van der Waals surface area (Å²) in [4.78, 5) is 19.9. The van der Waals surface area contributed by atoms with E-state index >= 15 is 0 Å². The van der Waals surface area contributed by atoms with E-state index < -0.39 is 0 Å². The largest absolute Gasteiger partial charge is 0.496 e. The molecule has 0 bridgehead atoms. The molecule has 1 aliphatic heterocycles. The van der Waals surface area contributed by atoms with E-state index in [1.807, 2.05) is 54.0 Å². The molecule has 1 aliphatic carbocycles. The van der Waals surface area contributed by atoms with Crippen LogP contribution in [0.15, 0.2) is 80.5 Å². The second-order valence-electron chi connectivity index (χ2n) is 9.32. The highest BCUT2D eigenvalue weighted by Crippen LogP contribution is 2.43. The smallest absolute Gasteiger partial charge is 0.271 e. The number of aromatic nitrogens is 1. The Labute approximate surface area is 238 Å². The molecule has 1 atom stereocenters. The minimum atomic E-state index is -0.301. The van der Waals surface area contributed by atoms with Crippen molar-refractivity contribution in [1.29, 1.82) is 0 Å². The number of halogens is 1. The fraction of sp³-hybridized carbons (Fsp3) is 0.226. The first-order chi connectivity index (χ1) is 19.0. The summed E-state index contributed by atoms with van der Waals surface area (Å²) in [6.45, 7) is 2.44. The lowest BCUT2D eigenvalue weighted by atomic mass is 9.83. The highest BCUT2D eigenvalue weighted by Gasteiger charge is 2.34. The molecule has 6 rings (SSSR count). The summed E-state index contributed by atoms with van der Waals surface area (Å²) in [5.41, 5.74) is 6.23. The zero-order valence-electron chi connectivity index (χ0n) is 21.9. The molecule has 0 amide bonds. The molecule has 0 saturated carbocycles. The Kier molecular flexibility index (Phi) is 6.91. The molecule has 4 aromatic rings. The molecule has 0 spiro atoms. The van der Waals surface area contributed by atoms with Gasteiger partial charge in [-0.2, -0.15) is 0 Å². The van der Waals surface area contributed by atoms with Crippen molar-refractivity contribution in [1.82, 2.24) is 4.57 Å². The predicted octanol–water partition coefficient (Wildman–Crippen LogP) is 5.50. The quantitative estimate of drug-likeness (QED) is 0.292. The van der Waals surface area contributed by atoms with Gasteiger partial charge in [0.05, 0.1) is 41.6 Å². The number of fused-ring (bicyclic) bond motifs is 3. The lowest BCUT2D eigenvalue weighted by Gasteiger charge is -2.31. The summed E-state index contributed by atoms with van der Waals surface area (Å²) >= 11 is 5.00. The van der Waals surface area contributed by atoms with Gasteiger partial charge in [0, 0.05) is 11.1 Å². The molecular weight excluding hydrogens is 576 g/mol. The maximum Gasteiger partial charge on any atom is 0.271 e. The van der Waals surface area contributed by atoms with Crippen LogP contribution in [0.4, 0.5) is 0 Å². The van der Waals surface area contributed by atoms with Crippen LogP contribution >= 0.6 is 27.3 Å². The predicted molar refractivity (Wildman–Crippen MR) is 158 cm³/mol. The molecule has 39 heavy (non-hydrogen) atoms. The van der Waals surface area contributed by atoms with Crippen LogP contribution in [0.1, 0.15) is 41.6 Å². The van der Waals surface area contributed by atoms with E-state index in [1.54, 1.807) is 14.2 Å². The van der Waals surface area contributed by atoms with Gasteiger partial charge in [0.15, 0.2) is 16.3 Å². The van der Waals surface area contributed by atoms with Gasteiger partial charge in [-0.15, -0.1) is 0 Å². The molecule has 1 aromatic heterocycles. The summed E-state index contributed by atoms with van der Waals surface area (Å²) in [7, 11) is 3.28. The SMILES string of the molecule is CCOc1c(Br)cc(C=c2sc3n(c2=O)C(c2ccccc2OC)C2=C(N=3)c3ccccc3CC2)cc1OC. The number of methoxy groups -OCH3 is 2. The van der Waals surface area contributed by atoms with Crippen LogP contribution in [0.25, 0.3) is 11.8 Å². The summed E-state index contributed by atoms with van der Waals surface area (Å²) in [5.74, 6) is 2.00. The summed E-state index contributed by atoms with van der Waals surface area (Å²) < 4.78 is 20.3. The normalized spacial score (nSPS) is 16.2. The highest BCUT2D eigenvalue weighted by molar-refractivity contribution is 9.10. The van der Waals surface area contributed by atoms with Gasteiger partial charge in [0.25, 0.3) is 5.56 Å². The van der Waals surface area contributed by atoms with Gasteiger partial charge in [-0.1, -0.05) is 53.8 Å². The van der Waals surface area contributed by atoms with Gasteiger partial charge in [-0.25, -0.2) is 4.99 Å². The van der Waals surface area contributed by atoms with E-state index in [1.165, 1.54) is 16.9 Å². The highest BCUT2D eigenvalue weighted by atomic mass is 79.9. The van der Waals surface area contributed by atoms with Crippen LogP contribution in [0.5, 0.6) is 17.2 Å². The molecule has 2 heterocycles. The fourth-order valence-corrected chi connectivity index (χ4v) is 7.03. The van der Waals surface area contributed by atoms with E-state index in [0.29, 0.717) is 27.4 Å². The summed E-state index contributed by atoms with van der Waals surface area (Å²) in [5, 5.41) is 0. The Morgan fingerprint density at radius 3 is 2.62 bits per heavy atom. The Balaban J connectivity index is 1.59. The van der Waals surface area contributed by atoms with Crippen LogP contribution < -0.4 is 29.1 Å². The third kappa shape index (κ3) is 4.41. The molecule has 0 N–H and O–H groups in total. The summed E-state index contributed by atoms with van der Waals surface area (Å²) in [6, 6.07) is 19.9. The molecular formula is C31H27BrN2O4S. The average molecular weight is 604 g/mol. The monoisotopic (exact) mass is 602 g/mol. The van der Waals surface area contributed by atoms with E-state index in [4.69, 9.17) is 19.2 Å². The second-order valence-corrected chi connectivity index (χ2v) is 11.2. The van der Waals surface area contributed by atoms with Crippen molar-refractivity contribution in [3.05, 3.63) is 113 Å². The maximum absolute atomic E-state index is 14.1. The summed E-state index contributed by atoms with van der Waals surface area (Å²) in [6.07, 6.45) is 3.62. The molecule has 6 nitrogen and oxygen atoms in total. The van der Waals surface area contributed by atoms with Crippen molar-refractivity contribution in [2.75, 3.05) is 20.8 Å². The zero-order chi connectivity index (χ0) is 27.1. The standard InChI is InChI=1S/C31H27BrN2O4S/c1-4-38-29-23(32)15-18(16-25(29)37-3)17-26-30(35)34-28(21-11-7-8-12-24(21)36-2)22-14-13-19-9-5-6-10-20(19)27(22)33-31(34)39-26/h5-12,15-17,28H,4,13-14H2,1-3H3. The number of para-hydroxylation sites is 1. The van der Waals surface area contributed by atoms with Crippen LogP contribution in [0.2, 0.25) is 0 Å². The van der Waals surface area contributed by atoms with Gasteiger partial charge in [0.1, 0.15) is 5.75 Å². The number of rotatable bonds is 6. The van der Waals surface area contributed by atoms with Gasteiger partial charge >= 0.3 is 0 Å². The number of nitrogens with zero attached hydrogens (tertiary/aromatic N) is 2. The molecule has 198 valence electrons. The van der Waals surface area contributed by atoms with Gasteiger partial charge in [-0.05, 0) is 76.7 Å². The van der Waals surface area contributed by atoms with Crippen LogP contribution in [-0.4, -0.2) is 25.4 Å². The number of hydrogen-bond donors (Lipinski definition) is 0. The van der Waals surface area contributed by atoms with Crippen molar-refractivity contribution in [2.24, 2.45) is 4.99 Å². The lowest BCUT2D eigenvalue weighted by molar-refractivity contribution is 0.309. The topological polar surface area (TPSA) is 62.0 Å². The van der Waals surface area contributed by atoms with Crippen molar-refractivity contribution in [3.8, 4) is 17.2 Å². The van der Waals surface area contributed by atoms with Crippen molar-refractivity contribution < 1.29 is 14.2 Å². The Morgan fingerprint density at radius 2 is 1.82 bits per heavy atom. The van der Waals surface area contributed by atoms with Crippen molar-refractivity contribution >= 4 is 39.0 Å². The zero-order valence-corrected chi connectivity index (χ0v) is 24.3. The van der Waals surface area contributed by atoms with E-state index in [9.17, 15) is 4.79 Å². The third-order valence-corrected chi connectivity index (χ3v) is 8.72. The van der Waals surface area contributed by atoms with Crippen LogP contribution in [-0.2, 0) is 6.42 Å². The number of ether oxygens (including phenoxy) is 3. The van der Waals surface area contributed by atoms with Crippen LogP contribution in [0.3, 0.4) is 0 Å². The maximum atomic E-state index is 14.1. The number of allylic oxidation sites excluding steroid dienone is 1. The molecule has 0 saturated heterocycles. The Morgan fingerprint density at radius 1 is 1.05 bits per heavy atom. The van der Waals surface area contributed by atoms with E-state index in [0.717, 1.165) is 51.0 Å². The minimum absolute atomic E-state index is 0.0796. The Hall–Kier alpha value is -3.62. The first-order valence-corrected chi connectivity index (χ1v) is 14.4. The third-order valence-electron chi connectivity index (χ3n) is 7.14. The molecule has 0 radical (unpaired) electrons. The van der Waals surface area contributed by atoms with Gasteiger partial charge in [-0.3, -0.25) is 9.36 Å². The van der Waals surface area contributed by atoms with Crippen molar-refractivity contribution in [3.63, 3.8) is 0 Å². The Bertz CT molecular complexity index is 1800. The van der Waals surface area contributed by atoms with Gasteiger partial charge in [0.2, 0.25) is 0 Å². The van der Waals surface area contributed by atoms with Gasteiger partial charge < -0.3 is 14.2 Å². The number of hydrogen-bond acceptors (Lipinski definition) is 6.